The highest BCUT2D eigenvalue weighted by molar-refractivity contribution is 7.98. The summed E-state index contributed by atoms with van der Waals surface area (Å²) in [6, 6.07) is 4.63. The molecule has 1 aliphatic carbocycles. The Morgan fingerprint density at radius 2 is 2.32 bits per heavy atom. The highest BCUT2D eigenvalue weighted by atomic mass is 32.2. The van der Waals surface area contributed by atoms with E-state index in [2.05, 4.69) is 36.4 Å². The Kier molecular flexibility index (Phi) is 4.87. The van der Waals surface area contributed by atoms with E-state index in [9.17, 15) is 0 Å². The van der Waals surface area contributed by atoms with E-state index in [1.807, 2.05) is 19.9 Å². The highest BCUT2D eigenvalue weighted by Gasteiger charge is 2.30. The molecule has 0 N–H and O–H groups in total. The smallest absolute Gasteiger partial charge is 0.237 e. The summed E-state index contributed by atoms with van der Waals surface area (Å²) in [7, 11) is 0. The van der Waals surface area contributed by atoms with Gasteiger partial charge in [0.15, 0.2) is 16.8 Å². The van der Waals surface area contributed by atoms with Gasteiger partial charge in [-0.2, -0.15) is 4.98 Å². The van der Waals surface area contributed by atoms with Crippen LogP contribution in [0.2, 0.25) is 0 Å². The zero-order chi connectivity index (χ0) is 17.2. The second kappa shape index (κ2) is 7.27. The van der Waals surface area contributed by atoms with Gasteiger partial charge in [0.1, 0.15) is 6.10 Å². The molecule has 0 bridgehead atoms. The summed E-state index contributed by atoms with van der Waals surface area (Å²) in [4.78, 5) is 5.56. The normalized spacial score (nSPS) is 15.6. The van der Waals surface area contributed by atoms with Crippen LogP contribution in [-0.2, 0) is 10.5 Å². The van der Waals surface area contributed by atoms with E-state index in [4.69, 9.17) is 9.26 Å². The first kappa shape index (κ1) is 16.7. The van der Waals surface area contributed by atoms with Gasteiger partial charge in [0.2, 0.25) is 5.89 Å². The lowest BCUT2D eigenvalue weighted by Gasteiger charge is -2.06. The van der Waals surface area contributed by atoms with E-state index < -0.39 is 0 Å². The van der Waals surface area contributed by atoms with Crippen LogP contribution in [-0.4, -0.2) is 31.5 Å². The van der Waals surface area contributed by atoms with Crippen molar-refractivity contribution in [3.63, 3.8) is 0 Å². The van der Waals surface area contributed by atoms with Crippen molar-refractivity contribution in [1.82, 2.24) is 24.9 Å². The quantitative estimate of drug-likeness (QED) is 0.546. The Morgan fingerprint density at radius 3 is 3.04 bits per heavy atom. The maximum Gasteiger partial charge on any atom is 0.237 e. The molecule has 3 aromatic heterocycles. The number of thiophene rings is 1. The van der Waals surface area contributed by atoms with Gasteiger partial charge >= 0.3 is 0 Å². The summed E-state index contributed by atoms with van der Waals surface area (Å²) in [5.41, 5.74) is 0. The Morgan fingerprint density at radius 1 is 1.44 bits per heavy atom. The van der Waals surface area contributed by atoms with Crippen LogP contribution in [0.5, 0.6) is 0 Å². The molecule has 9 heteroatoms. The van der Waals surface area contributed by atoms with Crippen LogP contribution in [0.3, 0.4) is 0 Å². The molecule has 7 nitrogen and oxygen atoms in total. The van der Waals surface area contributed by atoms with Gasteiger partial charge in [-0.15, -0.1) is 21.5 Å². The largest absolute Gasteiger partial charge is 0.371 e. The van der Waals surface area contributed by atoms with Crippen molar-refractivity contribution in [3.05, 3.63) is 29.2 Å². The van der Waals surface area contributed by atoms with E-state index in [1.165, 1.54) is 12.8 Å². The van der Waals surface area contributed by atoms with Gasteiger partial charge in [0.05, 0.1) is 10.6 Å². The topological polar surface area (TPSA) is 78.9 Å². The summed E-state index contributed by atoms with van der Waals surface area (Å²) in [6.07, 6.45) is 2.20. The number of ether oxygens (including phenoxy) is 1. The van der Waals surface area contributed by atoms with E-state index in [0.717, 1.165) is 15.9 Å². The van der Waals surface area contributed by atoms with Crippen molar-refractivity contribution in [2.75, 3.05) is 6.61 Å². The molecule has 0 aliphatic heterocycles. The maximum absolute atomic E-state index is 5.49. The number of nitrogens with zero attached hydrogens (tertiary/aromatic N) is 5. The summed E-state index contributed by atoms with van der Waals surface area (Å²) in [5.74, 6) is 2.69. The number of rotatable bonds is 8. The lowest BCUT2D eigenvalue weighted by molar-refractivity contribution is 0.0683. The lowest BCUT2D eigenvalue weighted by atomic mass is 10.4. The van der Waals surface area contributed by atoms with Crippen LogP contribution in [0, 0.1) is 0 Å². The van der Waals surface area contributed by atoms with Crippen LogP contribution >= 0.6 is 23.1 Å². The van der Waals surface area contributed by atoms with Gasteiger partial charge in [-0.25, -0.2) is 0 Å². The van der Waals surface area contributed by atoms with Crippen LogP contribution in [0.25, 0.3) is 10.7 Å². The fourth-order valence-electron chi connectivity index (χ4n) is 2.55. The summed E-state index contributed by atoms with van der Waals surface area (Å²) < 4.78 is 13.1. The minimum Gasteiger partial charge on any atom is -0.371 e. The van der Waals surface area contributed by atoms with E-state index in [1.54, 1.807) is 23.1 Å². The summed E-state index contributed by atoms with van der Waals surface area (Å²) in [5, 5.41) is 15.8. The van der Waals surface area contributed by atoms with Gasteiger partial charge in [-0.3, -0.25) is 4.57 Å². The first-order chi connectivity index (χ1) is 12.3. The molecule has 3 aromatic rings. The van der Waals surface area contributed by atoms with Gasteiger partial charge < -0.3 is 9.26 Å². The Hall–Kier alpha value is -1.71. The third-order valence-electron chi connectivity index (χ3n) is 3.91. The Bertz CT molecular complexity index is 826. The maximum atomic E-state index is 5.49. The molecule has 0 aromatic carbocycles. The SMILES string of the molecule is CCOC(C)c1noc(CSc2nnc(-c3cccs3)n2C2CC2)n1. The number of aromatic nitrogens is 5. The summed E-state index contributed by atoms with van der Waals surface area (Å²) in [6.45, 7) is 4.49. The molecule has 0 radical (unpaired) electrons. The molecule has 0 spiro atoms. The Labute approximate surface area is 153 Å². The minimum atomic E-state index is -0.159. The monoisotopic (exact) mass is 377 g/mol. The molecule has 0 saturated heterocycles. The van der Waals surface area contributed by atoms with Crippen molar-refractivity contribution in [2.24, 2.45) is 0 Å². The second-order valence-corrected chi connectivity index (χ2v) is 7.71. The van der Waals surface area contributed by atoms with Crippen LogP contribution in [0.4, 0.5) is 0 Å². The standard InChI is InChI=1S/C16H19N5O2S2/c1-3-22-10(2)14-17-13(23-20-14)9-25-16-19-18-15(12-5-4-8-24-12)21(16)11-6-7-11/h4-5,8,10-11H,3,6-7,9H2,1-2H3. The average molecular weight is 377 g/mol. The molecule has 1 saturated carbocycles. The molecule has 3 heterocycles. The first-order valence-corrected chi connectivity index (χ1v) is 10.2. The van der Waals surface area contributed by atoms with Gasteiger partial charge in [0.25, 0.3) is 0 Å². The van der Waals surface area contributed by atoms with Crippen molar-refractivity contribution >= 4 is 23.1 Å². The Balaban J connectivity index is 1.48. The molecular formula is C16H19N5O2S2. The molecule has 25 heavy (non-hydrogen) atoms. The van der Waals surface area contributed by atoms with Crippen molar-refractivity contribution in [1.29, 1.82) is 0 Å². The van der Waals surface area contributed by atoms with Crippen molar-refractivity contribution in [2.45, 2.75) is 49.7 Å². The minimum absolute atomic E-state index is 0.159. The molecule has 4 rings (SSSR count). The first-order valence-electron chi connectivity index (χ1n) is 8.32. The van der Waals surface area contributed by atoms with Gasteiger partial charge in [-0.05, 0) is 38.1 Å². The van der Waals surface area contributed by atoms with E-state index in [0.29, 0.717) is 30.1 Å². The molecule has 1 fully saturated rings. The number of hydrogen-bond acceptors (Lipinski definition) is 8. The molecule has 0 amide bonds. The van der Waals surface area contributed by atoms with Crippen molar-refractivity contribution in [3.8, 4) is 10.7 Å². The average Bonchev–Trinajstić information content (AvgIpc) is 3.06. The fourth-order valence-corrected chi connectivity index (χ4v) is 4.10. The zero-order valence-electron chi connectivity index (χ0n) is 14.1. The predicted molar refractivity (Wildman–Crippen MR) is 95.5 cm³/mol. The zero-order valence-corrected chi connectivity index (χ0v) is 15.7. The molecule has 1 aliphatic rings. The fraction of sp³-hybridized carbons (Fsp3) is 0.500. The van der Waals surface area contributed by atoms with Crippen LogP contribution in [0.1, 0.15) is 50.6 Å². The third kappa shape index (κ3) is 3.63. The summed E-state index contributed by atoms with van der Waals surface area (Å²) >= 11 is 3.27. The molecule has 1 atom stereocenters. The molecule has 132 valence electrons. The lowest BCUT2D eigenvalue weighted by Crippen LogP contribution is -2.01. The van der Waals surface area contributed by atoms with Gasteiger partial charge in [0, 0.05) is 12.6 Å². The van der Waals surface area contributed by atoms with Crippen molar-refractivity contribution < 1.29 is 9.26 Å². The second-order valence-electron chi connectivity index (χ2n) is 5.82. The molecular weight excluding hydrogens is 358 g/mol. The highest BCUT2D eigenvalue weighted by Crippen LogP contribution is 2.42. The number of thioether (sulfide) groups is 1. The van der Waals surface area contributed by atoms with E-state index >= 15 is 0 Å². The van der Waals surface area contributed by atoms with Gasteiger partial charge in [-0.1, -0.05) is 23.0 Å². The predicted octanol–water partition coefficient (Wildman–Crippen LogP) is 4.11. The molecule has 1 unspecified atom stereocenters. The van der Waals surface area contributed by atoms with E-state index in [-0.39, 0.29) is 6.10 Å². The number of hydrogen-bond donors (Lipinski definition) is 0. The van der Waals surface area contributed by atoms with Crippen LogP contribution in [0.15, 0.2) is 27.2 Å². The van der Waals surface area contributed by atoms with Crippen LogP contribution < -0.4 is 0 Å². The third-order valence-corrected chi connectivity index (χ3v) is 5.70.